The van der Waals surface area contributed by atoms with Crippen molar-refractivity contribution >= 4 is 28.8 Å². The number of hydrogen-bond acceptors (Lipinski definition) is 4. The van der Waals surface area contributed by atoms with Crippen LogP contribution in [0.15, 0.2) is 23.7 Å². The highest BCUT2D eigenvalue weighted by atomic mass is 35.5. The Morgan fingerprint density at radius 1 is 1.50 bits per heavy atom. The molecule has 3 nitrogen and oxygen atoms in total. The molecule has 0 aromatic carbocycles. The van der Waals surface area contributed by atoms with Crippen LogP contribution >= 0.6 is 22.9 Å². The van der Waals surface area contributed by atoms with Crippen LogP contribution in [0.25, 0.3) is 10.7 Å². The van der Waals surface area contributed by atoms with E-state index in [1.165, 1.54) is 11.3 Å². The number of nitrogens with zero attached hydrogens (tertiary/aromatic N) is 2. The minimum Gasteiger partial charge on any atom is -0.373 e. The molecule has 2 heterocycles. The third-order valence-corrected chi connectivity index (χ3v) is 2.97. The van der Waals surface area contributed by atoms with Crippen LogP contribution in [-0.4, -0.2) is 17.0 Å². The van der Waals surface area contributed by atoms with Gasteiger partial charge < -0.3 is 5.32 Å². The van der Waals surface area contributed by atoms with E-state index in [4.69, 9.17) is 11.6 Å². The highest BCUT2D eigenvalue weighted by Crippen LogP contribution is 2.27. The molecule has 0 fully saturated rings. The Morgan fingerprint density at radius 2 is 2.36 bits per heavy atom. The van der Waals surface area contributed by atoms with E-state index >= 15 is 0 Å². The van der Waals surface area contributed by atoms with E-state index in [0.717, 1.165) is 15.7 Å². The lowest BCUT2D eigenvalue weighted by molar-refractivity contribution is 1.18. The van der Waals surface area contributed by atoms with Crippen molar-refractivity contribution in [1.82, 2.24) is 9.97 Å². The van der Waals surface area contributed by atoms with Crippen molar-refractivity contribution in [2.45, 2.75) is 0 Å². The average Bonchev–Trinajstić information content (AvgIpc) is 2.65. The van der Waals surface area contributed by atoms with E-state index in [2.05, 4.69) is 15.3 Å². The van der Waals surface area contributed by atoms with Crippen LogP contribution in [0.4, 0.5) is 5.82 Å². The van der Waals surface area contributed by atoms with Gasteiger partial charge in [0.1, 0.15) is 5.82 Å². The fraction of sp³-hybridized carbons (Fsp3) is 0.111. The molecule has 0 aliphatic heterocycles. The summed E-state index contributed by atoms with van der Waals surface area (Å²) >= 11 is 7.36. The molecule has 1 N–H and O–H groups in total. The molecule has 0 saturated heterocycles. The van der Waals surface area contributed by atoms with E-state index in [9.17, 15) is 0 Å². The largest absolute Gasteiger partial charge is 0.373 e. The first-order valence-electron chi connectivity index (χ1n) is 4.05. The maximum absolute atomic E-state index is 5.82. The Kier molecular flexibility index (Phi) is 2.65. The molecular weight excluding hydrogens is 218 g/mol. The van der Waals surface area contributed by atoms with Crippen molar-refractivity contribution in [3.63, 3.8) is 0 Å². The summed E-state index contributed by atoms with van der Waals surface area (Å²) in [5.74, 6) is 1.51. The Balaban J connectivity index is 2.41. The maximum Gasteiger partial charge on any atom is 0.171 e. The van der Waals surface area contributed by atoms with Crippen molar-refractivity contribution in [3.05, 3.63) is 28.7 Å². The first-order chi connectivity index (χ1) is 6.79. The van der Waals surface area contributed by atoms with Crippen LogP contribution < -0.4 is 5.32 Å². The zero-order chi connectivity index (χ0) is 9.97. The van der Waals surface area contributed by atoms with Gasteiger partial charge in [-0.25, -0.2) is 9.97 Å². The van der Waals surface area contributed by atoms with Crippen LogP contribution in [0.5, 0.6) is 0 Å². The SMILES string of the molecule is CNc1ccnc(-c2cc(Cl)cs2)n1. The van der Waals surface area contributed by atoms with Crippen molar-refractivity contribution in [1.29, 1.82) is 0 Å². The normalized spacial score (nSPS) is 10.1. The smallest absolute Gasteiger partial charge is 0.171 e. The molecule has 72 valence electrons. The Morgan fingerprint density at radius 3 is 3.00 bits per heavy atom. The summed E-state index contributed by atoms with van der Waals surface area (Å²) in [5.41, 5.74) is 0. The minimum atomic E-state index is 0.703. The molecule has 0 aliphatic rings. The van der Waals surface area contributed by atoms with Crippen LogP contribution in [0.3, 0.4) is 0 Å². The zero-order valence-electron chi connectivity index (χ0n) is 7.49. The van der Waals surface area contributed by atoms with Gasteiger partial charge in [0.05, 0.1) is 9.90 Å². The molecule has 0 atom stereocenters. The first kappa shape index (κ1) is 9.43. The zero-order valence-corrected chi connectivity index (χ0v) is 9.06. The molecule has 14 heavy (non-hydrogen) atoms. The van der Waals surface area contributed by atoms with Gasteiger partial charge in [-0.3, -0.25) is 0 Å². The van der Waals surface area contributed by atoms with Gasteiger partial charge in [0, 0.05) is 18.6 Å². The molecule has 0 radical (unpaired) electrons. The van der Waals surface area contributed by atoms with Crippen molar-refractivity contribution in [3.8, 4) is 10.7 Å². The van der Waals surface area contributed by atoms with Crippen molar-refractivity contribution in [2.75, 3.05) is 12.4 Å². The number of halogens is 1. The summed E-state index contributed by atoms with van der Waals surface area (Å²) < 4.78 is 0. The van der Waals surface area contributed by atoms with Gasteiger partial charge in [-0.05, 0) is 12.1 Å². The average molecular weight is 226 g/mol. The quantitative estimate of drug-likeness (QED) is 0.854. The third kappa shape index (κ3) is 1.86. The minimum absolute atomic E-state index is 0.703. The fourth-order valence-corrected chi connectivity index (χ4v) is 2.06. The number of rotatable bonds is 2. The summed E-state index contributed by atoms with van der Waals surface area (Å²) in [4.78, 5) is 9.45. The van der Waals surface area contributed by atoms with Gasteiger partial charge in [-0.15, -0.1) is 11.3 Å². The molecule has 0 bridgehead atoms. The van der Waals surface area contributed by atoms with E-state index in [1.807, 2.05) is 24.6 Å². The van der Waals surface area contributed by atoms with Gasteiger partial charge in [0.15, 0.2) is 5.82 Å². The monoisotopic (exact) mass is 225 g/mol. The second-order valence-corrected chi connectivity index (χ2v) is 3.99. The molecule has 2 rings (SSSR count). The number of thiophene rings is 1. The summed E-state index contributed by atoms with van der Waals surface area (Å²) in [6, 6.07) is 3.68. The van der Waals surface area contributed by atoms with Gasteiger partial charge >= 0.3 is 0 Å². The summed E-state index contributed by atoms with van der Waals surface area (Å²) in [6.07, 6.45) is 1.72. The van der Waals surface area contributed by atoms with Crippen molar-refractivity contribution in [2.24, 2.45) is 0 Å². The number of nitrogens with one attached hydrogen (secondary N) is 1. The number of hydrogen-bond donors (Lipinski definition) is 1. The van der Waals surface area contributed by atoms with Crippen LogP contribution in [0.2, 0.25) is 5.02 Å². The van der Waals surface area contributed by atoms with Crippen LogP contribution in [0, 0.1) is 0 Å². The third-order valence-electron chi connectivity index (χ3n) is 1.70. The topological polar surface area (TPSA) is 37.8 Å². The molecule has 0 amide bonds. The lowest BCUT2D eigenvalue weighted by Crippen LogP contribution is -1.94. The predicted molar refractivity (Wildman–Crippen MR) is 59.9 cm³/mol. The lowest BCUT2D eigenvalue weighted by atomic mass is 10.4. The molecule has 2 aromatic rings. The molecule has 5 heteroatoms. The highest BCUT2D eigenvalue weighted by molar-refractivity contribution is 7.14. The molecule has 0 saturated carbocycles. The van der Waals surface area contributed by atoms with Crippen molar-refractivity contribution < 1.29 is 0 Å². The Labute approximate surface area is 90.8 Å². The summed E-state index contributed by atoms with van der Waals surface area (Å²) in [5, 5.41) is 5.56. The second-order valence-electron chi connectivity index (χ2n) is 2.64. The Hall–Kier alpha value is -1.13. The van der Waals surface area contributed by atoms with Gasteiger partial charge in [-0.1, -0.05) is 11.6 Å². The summed E-state index contributed by atoms with van der Waals surface area (Å²) in [6.45, 7) is 0. The van der Waals surface area contributed by atoms with E-state index in [1.54, 1.807) is 6.20 Å². The number of anilines is 1. The van der Waals surface area contributed by atoms with Crippen LogP contribution in [-0.2, 0) is 0 Å². The molecule has 0 spiro atoms. The van der Waals surface area contributed by atoms with Gasteiger partial charge in [-0.2, -0.15) is 0 Å². The Bertz CT molecular complexity index is 441. The molecule has 0 aliphatic carbocycles. The van der Waals surface area contributed by atoms with Crippen LogP contribution in [0.1, 0.15) is 0 Å². The van der Waals surface area contributed by atoms with E-state index in [-0.39, 0.29) is 0 Å². The maximum atomic E-state index is 5.82. The van der Waals surface area contributed by atoms with E-state index in [0.29, 0.717) is 5.82 Å². The predicted octanol–water partition coefficient (Wildman–Crippen LogP) is 2.90. The molecular formula is C9H8ClN3S. The number of aromatic nitrogens is 2. The molecule has 2 aromatic heterocycles. The van der Waals surface area contributed by atoms with Gasteiger partial charge in [0.25, 0.3) is 0 Å². The highest BCUT2D eigenvalue weighted by Gasteiger charge is 2.04. The molecule has 0 unspecified atom stereocenters. The second kappa shape index (κ2) is 3.94. The standard InChI is InChI=1S/C9H8ClN3S/c1-11-8-2-3-12-9(13-8)7-4-6(10)5-14-7/h2-5H,1H3,(H,11,12,13). The lowest BCUT2D eigenvalue weighted by Gasteiger charge is -1.99. The fourth-order valence-electron chi connectivity index (χ4n) is 1.05. The van der Waals surface area contributed by atoms with Gasteiger partial charge in [0.2, 0.25) is 0 Å². The van der Waals surface area contributed by atoms with E-state index < -0.39 is 0 Å². The first-order valence-corrected chi connectivity index (χ1v) is 5.30. The summed E-state index contributed by atoms with van der Waals surface area (Å²) in [7, 11) is 1.83.